The van der Waals surface area contributed by atoms with Gasteiger partial charge in [0.1, 0.15) is 28.7 Å². The maximum Gasteiger partial charge on any atom is 0.359 e. The van der Waals surface area contributed by atoms with Crippen LogP contribution in [-0.2, 0) is 26.0 Å². The zero-order valence-electron chi connectivity index (χ0n) is 19.0. The first-order chi connectivity index (χ1) is 14.9. The van der Waals surface area contributed by atoms with Gasteiger partial charge in [0.05, 0.1) is 29.9 Å². The molecule has 1 saturated carbocycles. The van der Waals surface area contributed by atoms with Crippen LogP contribution in [0.4, 0.5) is 5.82 Å². The van der Waals surface area contributed by atoms with Crippen LogP contribution < -0.4 is 5.32 Å². The summed E-state index contributed by atoms with van der Waals surface area (Å²) < 4.78 is 35.9. The fraction of sp³-hybridized carbons (Fsp3) is 0.684. The van der Waals surface area contributed by atoms with E-state index in [9.17, 15) is 18.3 Å². The highest BCUT2D eigenvalue weighted by atomic mass is 32.2. The van der Waals surface area contributed by atoms with Gasteiger partial charge in [-0.15, -0.1) is 0 Å². The molecule has 1 aliphatic carbocycles. The minimum atomic E-state index is -3.29. The van der Waals surface area contributed by atoms with E-state index in [-0.39, 0.29) is 31.1 Å². The van der Waals surface area contributed by atoms with Gasteiger partial charge in [-0.2, -0.15) is 5.10 Å². The van der Waals surface area contributed by atoms with E-state index < -0.39 is 41.3 Å². The Kier molecular flexibility index (Phi) is 7.22. The molecule has 13 heteroatoms. The van der Waals surface area contributed by atoms with E-state index in [1.54, 1.807) is 0 Å². The number of hydrogen-bond donors (Lipinski definition) is 2. The van der Waals surface area contributed by atoms with Gasteiger partial charge in [-0.3, -0.25) is 0 Å². The average molecular weight is 486 g/mol. The summed E-state index contributed by atoms with van der Waals surface area (Å²) in [5, 5.41) is 17.5. The predicted molar refractivity (Wildman–Crippen MR) is 122 cm³/mol. The zero-order valence-corrected chi connectivity index (χ0v) is 20.8. The van der Waals surface area contributed by atoms with Crippen molar-refractivity contribution in [3.8, 4) is 0 Å². The number of ether oxygens (including phenoxy) is 2. The summed E-state index contributed by atoms with van der Waals surface area (Å²) in [7, 11) is -3.28. The number of nitrogens with one attached hydrogen (secondary N) is 1. The van der Waals surface area contributed by atoms with Crippen molar-refractivity contribution in [2.24, 2.45) is 0 Å². The quantitative estimate of drug-likeness (QED) is 0.302. The number of fused-ring (bicyclic) bond motifs is 1. The predicted octanol–water partition coefficient (Wildman–Crippen LogP) is 1.27. The summed E-state index contributed by atoms with van der Waals surface area (Å²) in [6.45, 7) is 7.45. The van der Waals surface area contributed by atoms with Crippen molar-refractivity contribution in [3.05, 3.63) is 12.0 Å². The van der Waals surface area contributed by atoms with Crippen LogP contribution >= 0.6 is 0 Å². The number of nitrogens with zero attached hydrogens (tertiary/aromatic N) is 4. The van der Waals surface area contributed by atoms with Gasteiger partial charge in [-0.1, -0.05) is 19.6 Å². The monoisotopic (exact) mass is 485 g/mol. The van der Waals surface area contributed by atoms with E-state index in [0.29, 0.717) is 17.6 Å². The molecule has 32 heavy (non-hydrogen) atoms. The molecule has 0 spiro atoms. The van der Waals surface area contributed by atoms with Crippen molar-refractivity contribution < 1.29 is 27.8 Å². The standard InChI is InChI=1S/C19H31N5O6SSi/c1-29-19(26)16-15-17(22-13-8-12(9-14(13)25)31(2,27)28)20-10-21-18(15)24(23-16)11-30-6-7-32(3,4)5/h10,12-14,25H,6-9,11H2,1-5H3,(H,20,21,22)/t12?,13-,14?/m1/s1. The average Bonchev–Trinajstić information content (AvgIpc) is 3.25. The summed E-state index contributed by atoms with van der Waals surface area (Å²) in [6.07, 6.45) is 1.98. The van der Waals surface area contributed by atoms with Gasteiger partial charge in [0.15, 0.2) is 11.3 Å². The molecule has 2 N–H and O–H groups in total. The Morgan fingerprint density at radius 2 is 2.03 bits per heavy atom. The van der Waals surface area contributed by atoms with Gasteiger partial charge in [-0.05, 0) is 18.9 Å². The SMILES string of the molecule is COC(=O)c1nn(COCC[Si](C)(C)C)c2ncnc(N[C@@H]3CC(S(C)(=O)=O)CC3O)c12. The molecule has 2 aromatic heterocycles. The molecule has 0 amide bonds. The third-order valence-corrected chi connectivity index (χ3v) is 8.83. The summed E-state index contributed by atoms with van der Waals surface area (Å²) in [5.41, 5.74) is 0.398. The summed E-state index contributed by atoms with van der Waals surface area (Å²) in [4.78, 5) is 20.9. The summed E-state index contributed by atoms with van der Waals surface area (Å²) in [5.74, 6) is -0.378. The lowest BCUT2D eigenvalue weighted by molar-refractivity contribution is 0.0585. The molecule has 0 aromatic carbocycles. The molecule has 1 fully saturated rings. The van der Waals surface area contributed by atoms with Crippen molar-refractivity contribution >= 4 is 40.7 Å². The largest absolute Gasteiger partial charge is 0.464 e. The fourth-order valence-electron chi connectivity index (χ4n) is 3.63. The van der Waals surface area contributed by atoms with Crippen LogP contribution in [0.5, 0.6) is 0 Å². The summed E-state index contributed by atoms with van der Waals surface area (Å²) in [6, 6.07) is 0.438. The number of hydrogen-bond acceptors (Lipinski definition) is 10. The van der Waals surface area contributed by atoms with E-state index in [2.05, 4.69) is 40.0 Å². The van der Waals surface area contributed by atoms with Crippen LogP contribution in [-0.4, -0.2) is 84.7 Å². The molecule has 2 aromatic rings. The number of aromatic nitrogens is 4. The first-order valence-corrected chi connectivity index (χ1v) is 16.1. The van der Waals surface area contributed by atoms with Crippen LogP contribution in [0.25, 0.3) is 11.0 Å². The van der Waals surface area contributed by atoms with Crippen LogP contribution in [0.15, 0.2) is 6.33 Å². The smallest absolute Gasteiger partial charge is 0.359 e. The van der Waals surface area contributed by atoms with Crippen molar-refractivity contribution in [2.75, 3.05) is 25.3 Å². The van der Waals surface area contributed by atoms with Crippen LogP contribution in [0.1, 0.15) is 23.3 Å². The van der Waals surface area contributed by atoms with Gasteiger partial charge < -0.3 is 19.9 Å². The van der Waals surface area contributed by atoms with E-state index in [0.717, 1.165) is 12.3 Å². The van der Waals surface area contributed by atoms with Crippen LogP contribution in [0, 0.1) is 0 Å². The Bertz CT molecular complexity index is 1080. The molecule has 0 saturated heterocycles. The number of aliphatic hydroxyl groups excluding tert-OH is 1. The number of aliphatic hydroxyl groups is 1. The fourth-order valence-corrected chi connectivity index (χ4v) is 5.49. The molecule has 2 unspecified atom stereocenters. The van der Waals surface area contributed by atoms with Gasteiger partial charge >= 0.3 is 5.97 Å². The van der Waals surface area contributed by atoms with Gasteiger partial charge in [-0.25, -0.2) is 27.9 Å². The zero-order chi connectivity index (χ0) is 23.7. The van der Waals surface area contributed by atoms with Crippen molar-refractivity contribution in [1.29, 1.82) is 0 Å². The highest BCUT2D eigenvalue weighted by Crippen LogP contribution is 2.31. The number of esters is 1. The van der Waals surface area contributed by atoms with E-state index >= 15 is 0 Å². The molecule has 11 nitrogen and oxygen atoms in total. The third-order valence-electron chi connectivity index (χ3n) is 5.53. The lowest BCUT2D eigenvalue weighted by Crippen LogP contribution is -2.28. The van der Waals surface area contributed by atoms with Crippen molar-refractivity contribution in [2.45, 2.75) is 62.7 Å². The number of sulfone groups is 1. The second-order valence-electron chi connectivity index (χ2n) is 9.35. The van der Waals surface area contributed by atoms with Crippen LogP contribution in [0.2, 0.25) is 25.7 Å². The topological polar surface area (TPSA) is 146 Å². The maximum atomic E-state index is 12.4. The molecule has 0 aliphatic heterocycles. The normalized spacial score (nSPS) is 21.8. The number of anilines is 1. The first kappa shape index (κ1) is 24.5. The lowest BCUT2D eigenvalue weighted by atomic mass is 10.2. The molecular formula is C19H31N5O6SSi. The lowest BCUT2D eigenvalue weighted by Gasteiger charge is -2.17. The number of rotatable bonds is 9. The van der Waals surface area contributed by atoms with E-state index in [1.807, 2.05) is 0 Å². The van der Waals surface area contributed by atoms with Gasteiger partial charge in [0.2, 0.25) is 0 Å². The molecule has 3 rings (SSSR count). The van der Waals surface area contributed by atoms with Crippen molar-refractivity contribution in [1.82, 2.24) is 19.7 Å². The van der Waals surface area contributed by atoms with Gasteiger partial charge in [0.25, 0.3) is 0 Å². The Balaban J connectivity index is 1.89. The molecule has 0 bridgehead atoms. The second kappa shape index (κ2) is 9.41. The third kappa shape index (κ3) is 5.63. The maximum absolute atomic E-state index is 12.4. The molecule has 2 heterocycles. The Morgan fingerprint density at radius 3 is 2.62 bits per heavy atom. The minimum Gasteiger partial charge on any atom is -0.464 e. The summed E-state index contributed by atoms with van der Waals surface area (Å²) >= 11 is 0. The van der Waals surface area contributed by atoms with Crippen LogP contribution in [0.3, 0.4) is 0 Å². The molecule has 178 valence electrons. The Morgan fingerprint density at radius 1 is 1.31 bits per heavy atom. The number of carbonyl (C=O) groups is 1. The molecule has 0 radical (unpaired) electrons. The Labute approximate surface area is 188 Å². The number of methoxy groups -OCH3 is 1. The highest BCUT2D eigenvalue weighted by molar-refractivity contribution is 7.91. The molecular weight excluding hydrogens is 454 g/mol. The van der Waals surface area contributed by atoms with Gasteiger partial charge in [0, 0.05) is 20.9 Å². The van der Waals surface area contributed by atoms with Crippen molar-refractivity contribution in [3.63, 3.8) is 0 Å². The highest BCUT2D eigenvalue weighted by Gasteiger charge is 2.39. The Hall–Kier alpha value is -2.09. The van der Waals surface area contributed by atoms with E-state index in [1.165, 1.54) is 18.1 Å². The minimum absolute atomic E-state index is 0.0200. The first-order valence-electron chi connectivity index (χ1n) is 10.4. The van der Waals surface area contributed by atoms with E-state index in [4.69, 9.17) is 9.47 Å². The second-order valence-corrected chi connectivity index (χ2v) is 17.3. The molecule has 1 aliphatic rings. The number of carbonyl (C=O) groups excluding carboxylic acids is 1. The molecule has 3 atom stereocenters.